The topological polar surface area (TPSA) is 0 Å². The molecule has 0 unspecified atom stereocenters. The van der Waals surface area contributed by atoms with Crippen molar-refractivity contribution in [2.24, 2.45) is 0 Å². The van der Waals surface area contributed by atoms with Crippen molar-refractivity contribution in [1.82, 2.24) is 0 Å². The molecule has 0 saturated heterocycles. The third kappa shape index (κ3) is 93.8. The van der Waals surface area contributed by atoms with Gasteiger partial charge in [-0.05, 0) is 25.7 Å². The second-order valence-electron chi connectivity index (χ2n) is 29.7. The Hall–Kier alpha value is 0.500. The van der Waals surface area contributed by atoms with E-state index in [1.165, 1.54) is 456 Å². The van der Waals surface area contributed by atoms with Crippen molar-refractivity contribution < 1.29 is 33.8 Å². The molecule has 0 spiro atoms. The Morgan fingerprint density at radius 1 is 0.120 bits per heavy atom. The number of quaternary nitrogens is 2. The van der Waals surface area contributed by atoms with Gasteiger partial charge in [0.1, 0.15) is 0 Å². The summed E-state index contributed by atoms with van der Waals surface area (Å²) in [6, 6.07) is 0. The third-order valence-electron chi connectivity index (χ3n) is 18.6. The van der Waals surface area contributed by atoms with Crippen molar-refractivity contribution in [2.45, 2.75) is 457 Å². The van der Waals surface area contributed by atoms with E-state index in [0.717, 1.165) is 8.97 Å². The molecule has 0 aromatic heterocycles. The first-order chi connectivity index (χ1) is 39.6. The van der Waals surface area contributed by atoms with Crippen molar-refractivity contribution in [2.75, 3.05) is 55.4 Å². The molecule has 0 bridgehead atoms. The zero-order chi connectivity index (χ0) is 59.2. The number of unbranched alkanes of at least 4 members (excludes halogenated alkanes) is 67. The fourth-order valence-corrected chi connectivity index (χ4v) is 12.8. The summed E-state index contributed by atoms with van der Waals surface area (Å²) in [4.78, 5) is 0. The summed E-state index contributed by atoms with van der Waals surface area (Å²) in [6.07, 6.45) is 102. The molecule has 0 heterocycles. The molecule has 0 aliphatic heterocycles. The van der Waals surface area contributed by atoms with E-state index >= 15 is 0 Å². The summed E-state index contributed by atoms with van der Waals surface area (Å²) in [5.74, 6) is 0. The fraction of sp³-hybridized carbons (Fsp3) is 1.00. The Morgan fingerprint density at radius 2 is 0.193 bits per heavy atom. The van der Waals surface area contributed by atoms with Gasteiger partial charge in [0.2, 0.25) is 0 Å². The highest BCUT2D eigenvalue weighted by atomic mass is 35.5. The van der Waals surface area contributed by atoms with Gasteiger partial charge in [0, 0.05) is 0 Å². The SMILES string of the molecule is CCCCCCCCCCCCCCCCCCCCCCCCCCCCCCCCCCCCC[N+](C)(C)C.CCCCCCCCCCCCCCCCCCCCCCCCCCCCCCCCCCCC[N+](C)(C)C.[Cl-].[Cl-]. The fourth-order valence-electron chi connectivity index (χ4n) is 12.8. The van der Waals surface area contributed by atoms with Gasteiger partial charge in [-0.25, -0.2) is 0 Å². The van der Waals surface area contributed by atoms with Crippen LogP contribution in [0.2, 0.25) is 0 Å². The molecule has 4 heteroatoms. The van der Waals surface area contributed by atoms with Crippen LogP contribution < -0.4 is 24.8 Å². The zero-order valence-corrected chi connectivity index (χ0v) is 61.4. The molecule has 0 atom stereocenters. The van der Waals surface area contributed by atoms with Crippen molar-refractivity contribution >= 4 is 0 Å². The quantitative estimate of drug-likeness (QED) is 0.0421. The highest BCUT2D eigenvalue weighted by molar-refractivity contribution is 4.56. The average molecular weight is 1220 g/mol. The van der Waals surface area contributed by atoms with E-state index in [2.05, 4.69) is 56.1 Å². The summed E-state index contributed by atoms with van der Waals surface area (Å²) in [5, 5.41) is 0. The normalized spacial score (nSPS) is 11.7. The van der Waals surface area contributed by atoms with Crippen LogP contribution in [0.15, 0.2) is 0 Å². The lowest BCUT2D eigenvalue weighted by atomic mass is 10.0. The molecule has 0 aliphatic rings. The first-order valence-electron chi connectivity index (χ1n) is 39.2. The molecule has 0 rings (SSSR count). The van der Waals surface area contributed by atoms with E-state index in [4.69, 9.17) is 0 Å². The molecule has 2 nitrogen and oxygen atoms in total. The molecule has 0 amide bonds. The lowest BCUT2D eigenvalue weighted by molar-refractivity contribution is -0.870. The van der Waals surface area contributed by atoms with Gasteiger partial charge in [0.05, 0.1) is 55.4 Å². The van der Waals surface area contributed by atoms with E-state index < -0.39 is 0 Å². The van der Waals surface area contributed by atoms with Crippen LogP contribution in [0.1, 0.15) is 457 Å². The number of halogens is 2. The maximum Gasteiger partial charge on any atom is 0.0780 e. The largest absolute Gasteiger partial charge is 1.00 e. The van der Waals surface area contributed by atoms with Crippen LogP contribution in [0.3, 0.4) is 0 Å². The number of hydrogen-bond acceptors (Lipinski definition) is 0. The van der Waals surface area contributed by atoms with Gasteiger partial charge >= 0.3 is 0 Å². The van der Waals surface area contributed by atoms with Crippen molar-refractivity contribution in [3.8, 4) is 0 Å². The van der Waals surface area contributed by atoms with Gasteiger partial charge in [0.25, 0.3) is 0 Å². The van der Waals surface area contributed by atoms with Crippen LogP contribution in [0.4, 0.5) is 0 Å². The number of nitrogens with zero attached hydrogens (tertiary/aromatic N) is 2. The van der Waals surface area contributed by atoms with Crippen LogP contribution in [0, 0.1) is 0 Å². The molecule has 0 fully saturated rings. The Morgan fingerprint density at radius 3 is 0.265 bits per heavy atom. The summed E-state index contributed by atoms with van der Waals surface area (Å²) < 4.78 is 2.25. The van der Waals surface area contributed by atoms with Crippen molar-refractivity contribution in [3.63, 3.8) is 0 Å². The predicted molar refractivity (Wildman–Crippen MR) is 376 cm³/mol. The Bertz CT molecular complexity index is 1070. The molecular formula is C79H166Cl2N2. The van der Waals surface area contributed by atoms with Gasteiger partial charge in [-0.2, -0.15) is 0 Å². The van der Waals surface area contributed by atoms with Crippen molar-refractivity contribution in [3.05, 3.63) is 0 Å². The molecule has 506 valence electrons. The van der Waals surface area contributed by atoms with Gasteiger partial charge in [-0.15, -0.1) is 0 Å². The Kier molecular flexibility index (Phi) is 85.1. The van der Waals surface area contributed by atoms with Crippen LogP contribution in [0.25, 0.3) is 0 Å². The lowest BCUT2D eigenvalue weighted by Crippen LogP contribution is -3.00. The molecule has 0 aliphatic carbocycles. The Balaban J connectivity index is -0.000000734. The van der Waals surface area contributed by atoms with Crippen molar-refractivity contribution in [1.29, 1.82) is 0 Å². The summed E-state index contributed by atoms with van der Waals surface area (Å²) in [7, 11) is 13.9. The minimum atomic E-state index is 0. The van der Waals surface area contributed by atoms with Crippen LogP contribution in [0.5, 0.6) is 0 Å². The van der Waals surface area contributed by atoms with Crippen LogP contribution in [-0.4, -0.2) is 64.3 Å². The smallest absolute Gasteiger partial charge is 0.0780 e. The molecular weight excluding hydrogens is 1050 g/mol. The van der Waals surface area contributed by atoms with Gasteiger partial charge in [0.15, 0.2) is 0 Å². The molecule has 0 saturated carbocycles. The number of hydrogen-bond donors (Lipinski definition) is 0. The Labute approximate surface area is 542 Å². The maximum absolute atomic E-state index is 2.31. The second kappa shape index (κ2) is 78.6. The second-order valence-corrected chi connectivity index (χ2v) is 29.7. The lowest BCUT2D eigenvalue weighted by Gasteiger charge is -2.23. The van der Waals surface area contributed by atoms with E-state index in [1.54, 1.807) is 0 Å². The summed E-state index contributed by atoms with van der Waals surface area (Å²) in [5.41, 5.74) is 0. The van der Waals surface area contributed by atoms with E-state index in [1.807, 2.05) is 0 Å². The van der Waals surface area contributed by atoms with Gasteiger partial charge < -0.3 is 33.8 Å². The number of rotatable bonds is 71. The standard InChI is InChI=1S/C40H84N.C39H82N.2ClH/c1-5-6-7-8-9-10-11-12-13-14-15-16-17-18-19-20-21-22-23-24-25-26-27-28-29-30-31-32-33-34-35-36-37-38-39-40-41(2,3)4;1-5-6-7-8-9-10-11-12-13-14-15-16-17-18-19-20-21-22-23-24-25-26-27-28-29-30-31-32-33-34-35-36-37-38-39-40(2,3)4;;/h5-40H2,1-4H3;5-39H2,1-4H3;2*1H/q2*+1;;/p-2. The molecule has 0 N–H and O–H groups in total. The molecule has 83 heavy (non-hydrogen) atoms. The van der Waals surface area contributed by atoms with E-state index in [0.29, 0.717) is 0 Å². The minimum Gasteiger partial charge on any atom is -1.00 e. The van der Waals surface area contributed by atoms with E-state index in [-0.39, 0.29) is 24.8 Å². The molecule has 0 aromatic carbocycles. The molecule has 0 radical (unpaired) electrons. The highest BCUT2D eigenvalue weighted by Crippen LogP contribution is 2.20. The summed E-state index contributed by atoms with van der Waals surface area (Å²) in [6.45, 7) is 7.28. The third-order valence-corrected chi connectivity index (χ3v) is 18.6. The first kappa shape index (κ1) is 89.9. The predicted octanol–water partition coefficient (Wildman–Crippen LogP) is 22.3. The summed E-state index contributed by atoms with van der Waals surface area (Å²) >= 11 is 0. The average Bonchev–Trinajstić information content (AvgIpc) is 3.44. The first-order valence-corrected chi connectivity index (χ1v) is 39.2. The highest BCUT2D eigenvalue weighted by Gasteiger charge is 2.07. The maximum atomic E-state index is 2.31. The van der Waals surface area contributed by atoms with Crippen LogP contribution >= 0.6 is 0 Å². The minimum absolute atomic E-state index is 0. The zero-order valence-electron chi connectivity index (χ0n) is 59.9. The van der Waals surface area contributed by atoms with Gasteiger partial charge in [-0.1, -0.05) is 431 Å². The van der Waals surface area contributed by atoms with E-state index in [9.17, 15) is 0 Å². The van der Waals surface area contributed by atoms with Crippen LogP contribution in [-0.2, 0) is 0 Å². The van der Waals surface area contributed by atoms with Gasteiger partial charge in [-0.3, -0.25) is 0 Å². The molecule has 0 aromatic rings. The monoisotopic (exact) mass is 1210 g/mol.